The van der Waals surface area contributed by atoms with Crippen molar-refractivity contribution >= 4 is 34.9 Å². The first-order valence-electron chi connectivity index (χ1n) is 11.5. The van der Waals surface area contributed by atoms with E-state index in [-0.39, 0.29) is 42.3 Å². The van der Waals surface area contributed by atoms with Gasteiger partial charge in [-0.1, -0.05) is 6.07 Å². The van der Waals surface area contributed by atoms with Gasteiger partial charge in [0.25, 0.3) is 11.8 Å². The lowest BCUT2D eigenvalue weighted by atomic mass is 10.1. The molecule has 1 aliphatic heterocycles. The zero-order chi connectivity index (χ0) is 28.1. The first-order valence-corrected chi connectivity index (χ1v) is 11.5. The monoisotopic (exact) mass is 532 g/mol. The molecule has 14 heteroatoms. The van der Waals surface area contributed by atoms with Crippen LogP contribution in [-0.4, -0.2) is 53.1 Å². The number of aromatic nitrogens is 2. The van der Waals surface area contributed by atoms with Gasteiger partial charge in [-0.25, -0.2) is 4.99 Å². The Morgan fingerprint density at radius 2 is 1.97 bits per heavy atom. The summed E-state index contributed by atoms with van der Waals surface area (Å²) in [6, 6.07) is 13.2. The Morgan fingerprint density at radius 3 is 2.67 bits per heavy atom. The molecule has 1 unspecified atom stereocenters. The fourth-order valence-electron chi connectivity index (χ4n) is 3.57. The number of hydrogen-bond acceptors (Lipinski definition) is 10. The van der Waals surface area contributed by atoms with Crippen LogP contribution in [0.4, 0.5) is 17.1 Å². The summed E-state index contributed by atoms with van der Waals surface area (Å²) in [6.45, 7) is 0. The number of carbonyl (C=O) groups excluding carboxylic acids is 1. The summed E-state index contributed by atoms with van der Waals surface area (Å²) in [5.41, 5.74) is 12.4. The second-order valence-corrected chi connectivity index (χ2v) is 8.44. The van der Waals surface area contributed by atoms with Gasteiger partial charge in [0.2, 0.25) is 5.88 Å². The molecule has 6 N–H and O–H groups in total. The Labute approximate surface area is 222 Å². The molecule has 0 aliphatic carbocycles. The summed E-state index contributed by atoms with van der Waals surface area (Å²) in [4.78, 5) is 38.0. The van der Waals surface area contributed by atoms with Gasteiger partial charge in [0, 0.05) is 39.1 Å². The third kappa shape index (κ3) is 6.41. The molecule has 1 amide bonds. The molecule has 0 fully saturated rings. The van der Waals surface area contributed by atoms with Gasteiger partial charge in [0.15, 0.2) is 17.8 Å². The smallest absolute Gasteiger partial charge is 0.328 e. The number of hydrogen-bond donors (Lipinski definition) is 4. The summed E-state index contributed by atoms with van der Waals surface area (Å²) in [5, 5.41) is 21.1. The molecule has 0 radical (unpaired) electrons. The SMILES string of the molecule is CN(C)c1cc(Oc2nc(Oc3cccc(N=C(N)N)c3)nc3c2NC(=O)C(CCC(=O)O)O3)ccc1C#N. The van der Waals surface area contributed by atoms with E-state index in [0.717, 1.165) is 0 Å². The minimum Gasteiger partial charge on any atom is -0.481 e. The van der Waals surface area contributed by atoms with Crippen LogP contribution in [0.3, 0.4) is 0 Å². The fourth-order valence-corrected chi connectivity index (χ4v) is 3.57. The zero-order valence-electron chi connectivity index (χ0n) is 20.9. The van der Waals surface area contributed by atoms with E-state index >= 15 is 0 Å². The van der Waals surface area contributed by atoms with Crippen molar-refractivity contribution < 1.29 is 28.9 Å². The van der Waals surface area contributed by atoms with Crippen molar-refractivity contribution in [2.45, 2.75) is 18.9 Å². The zero-order valence-corrected chi connectivity index (χ0v) is 20.9. The number of carbonyl (C=O) groups is 2. The minimum atomic E-state index is -1.11. The number of amides is 1. The Hall–Kier alpha value is -5.58. The highest BCUT2D eigenvalue weighted by molar-refractivity contribution is 5.98. The Bertz CT molecular complexity index is 1500. The average Bonchev–Trinajstić information content (AvgIpc) is 2.87. The van der Waals surface area contributed by atoms with Crippen LogP contribution < -0.4 is 35.9 Å². The van der Waals surface area contributed by atoms with Crippen molar-refractivity contribution in [3.63, 3.8) is 0 Å². The van der Waals surface area contributed by atoms with E-state index in [0.29, 0.717) is 28.4 Å². The number of nitrogens with one attached hydrogen (secondary N) is 1. The normalized spacial score (nSPS) is 13.7. The summed E-state index contributed by atoms with van der Waals surface area (Å²) in [6.07, 6.45) is -1.48. The number of aliphatic carboxylic acids is 1. The molecule has 1 atom stereocenters. The number of anilines is 2. The first-order chi connectivity index (χ1) is 18.6. The summed E-state index contributed by atoms with van der Waals surface area (Å²) in [7, 11) is 3.56. The van der Waals surface area contributed by atoms with E-state index in [4.69, 9.17) is 30.8 Å². The molecule has 0 saturated heterocycles. The second kappa shape index (κ2) is 11.2. The van der Waals surface area contributed by atoms with Gasteiger partial charge >= 0.3 is 12.0 Å². The molecular weight excluding hydrogens is 508 g/mol. The van der Waals surface area contributed by atoms with Crippen molar-refractivity contribution in [1.29, 1.82) is 5.26 Å². The van der Waals surface area contributed by atoms with Crippen LogP contribution in [0.15, 0.2) is 47.5 Å². The van der Waals surface area contributed by atoms with Crippen molar-refractivity contribution in [3.05, 3.63) is 48.0 Å². The van der Waals surface area contributed by atoms with Crippen LogP contribution in [0.5, 0.6) is 29.3 Å². The second-order valence-electron chi connectivity index (χ2n) is 8.44. The highest BCUT2D eigenvalue weighted by Gasteiger charge is 2.33. The number of guanidine groups is 1. The topological polar surface area (TPSA) is 211 Å². The van der Waals surface area contributed by atoms with Crippen molar-refractivity contribution in [1.82, 2.24) is 9.97 Å². The van der Waals surface area contributed by atoms with E-state index in [1.165, 1.54) is 0 Å². The Kier molecular flexibility index (Phi) is 7.62. The lowest BCUT2D eigenvalue weighted by molar-refractivity contribution is -0.137. The summed E-state index contributed by atoms with van der Waals surface area (Å²) >= 11 is 0. The van der Waals surface area contributed by atoms with Crippen LogP contribution in [0.2, 0.25) is 0 Å². The summed E-state index contributed by atoms with van der Waals surface area (Å²) in [5.74, 6) is -1.37. The quantitative estimate of drug-likeness (QED) is 0.231. The third-order valence-corrected chi connectivity index (χ3v) is 5.31. The number of carboxylic acid groups (broad SMARTS) is 1. The Morgan fingerprint density at radius 1 is 1.21 bits per heavy atom. The summed E-state index contributed by atoms with van der Waals surface area (Å²) < 4.78 is 17.5. The lowest BCUT2D eigenvalue weighted by Crippen LogP contribution is -2.38. The minimum absolute atomic E-state index is 0.0314. The number of rotatable bonds is 9. The fraction of sp³-hybridized carbons (Fsp3) is 0.200. The van der Waals surface area contributed by atoms with Crippen LogP contribution in [0.1, 0.15) is 18.4 Å². The standard InChI is InChI=1S/C25H24N8O6/c1-33(2)17-11-16(7-6-13(17)12-26)37-22-20-23(39-18(21(36)30-20)8-9-19(34)35)32-25(31-22)38-15-5-3-4-14(10-15)29-24(27)28/h3-7,10-11,18H,8-9H2,1-2H3,(H,30,36)(H,34,35)(H4,27,28,29). The van der Waals surface area contributed by atoms with Crippen molar-refractivity contribution in [2.24, 2.45) is 16.5 Å². The molecule has 200 valence electrons. The van der Waals surface area contributed by atoms with Gasteiger partial charge in [-0.3, -0.25) is 9.59 Å². The Balaban J connectivity index is 1.73. The van der Waals surface area contributed by atoms with Gasteiger partial charge in [0.05, 0.1) is 16.9 Å². The largest absolute Gasteiger partial charge is 0.481 e. The molecule has 14 nitrogen and oxygen atoms in total. The molecule has 4 rings (SSSR count). The maximum atomic E-state index is 12.7. The lowest BCUT2D eigenvalue weighted by Gasteiger charge is -2.26. The van der Waals surface area contributed by atoms with Crippen LogP contribution in [0.25, 0.3) is 0 Å². The van der Waals surface area contributed by atoms with E-state index in [1.54, 1.807) is 61.5 Å². The van der Waals surface area contributed by atoms with E-state index < -0.39 is 18.0 Å². The number of nitrogens with two attached hydrogens (primary N) is 2. The molecule has 2 aromatic carbocycles. The maximum absolute atomic E-state index is 12.7. The van der Waals surface area contributed by atoms with Gasteiger partial charge < -0.3 is 41.0 Å². The highest BCUT2D eigenvalue weighted by Crippen LogP contribution is 2.41. The predicted molar refractivity (Wildman–Crippen MR) is 139 cm³/mol. The first kappa shape index (κ1) is 26.5. The molecule has 0 saturated carbocycles. The van der Waals surface area contributed by atoms with E-state index in [2.05, 4.69) is 26.3 Å². The molecule has 1 aliphatic rings. The van der Waals surface area contributed by atoms with Crippen LogP contribution >= 0.6 is 0 Å². The number of benzene rings is 2. The number of carboxylic acids is 1. The van der Waals surface area contributed by atoms with E-state index in [9.17, 15) is 14.9 Å². The maximum Gasteiger partial charge on any atom is 0.328 e. The third-order valence-electron chi connectivity index (χ3n) is 5.31. The molecule has 39 heavy (non-hydrogen) atoms. The molecule has 0 spiro atoms. The number of fused-ring (bicyclic) bond motifs is 1. The van der Waals surface area contributed by atoms with Gasteiger partial charge in [0.1, 0.15) is 17.6 Å². The number of aliphatic imine (C=N–C) groups is 1. The van der Waals surface area contributed by atoms with Crippen LogP contribution in [-0.2, 0) is 9.59 Å². The van der Waals surface area contributed by atoms with Crippen molar-refractivity contribution in [3.8, 4) is 35.3 Å². The predicted octanol–water partition coefficient (Wildman–Crippen LogP) is 2.47. The molecule has 0 bridgehead atoms. The number of nitrogens with zero attached hydrogens (tertiary/aromatic N) is 5. The molecule has 1 aromatic heterocycles. The van der Waals surface area contributed by atoms with E-state index in [1.807, 2.05) is 0 Å². The van der Waals surface area contributed by atoms with Gasteiger partial charge in [-0.05, 0) is 24.3 Å². The van der Waals surface area contributed by atoms with Gasteiger partial charge in [-0.15, -0.1) is 0 Å². The molecule has 3 aromatic rings. The van der Waals surface area contributed by atoms with Gasteiger partial charge in [-0.2, -0.15) is 15.2 Å². The number of nitriles is 1. The molecular formula is C25H24N8O6. The highest BCUT2D eigenvalue weighted by atomic mass is 16.5. The average molecular weight is 533 g/mol. The van der Waals surface area contributed by atoms with Crippen LogP contribution in [0, 0.1) is 11.3 Å². The molecule has 2 heterocycles. The van der Waals surface area contributed by atoms with Crippen molar-refractivity contribution in [2.75, 3.05) is 24.3 Å². The number of ether oxygens (including phenoxy) is 3.